The first-order chi connectivity index (χ1) is 7.01. The average Bonchev–Trinajstić information content (AvgIpc) is 2.18. The van der Waals surface area contributed by atoms with E-state index in [4.69, 9.17) is 10.5 Å². The van der Waals surface area contributed by atoms with E-state index in [1.54, 1.807) is 13.8 Å². The highest BCUT2D eigenvalue weighted by Gasteiger charge is 2.52. The van der Waals surface area contributed by atoms with Gasteiger partial charge in [0.25, 0.3) is 0 Å². The van der Waals surface area contributed by atoms with E-state index in [1.807, 2.05) is 17.5 Å². The summed E-state index contributed by atoms with van der Waals surface area (Å²) in [6, 6.07) is 3.73. The molecule has 1 aliphatic heterocycles. The van der Waals surface area contributed by atoms with Crippen molar-refractivity contribution in [2.75, 3.05) is 0 Å². The molecule has 0 radical (unpaired) electrons. The summed E-state index contributed by atoms with van der Waals surface area (Å²) in [5, 5.41) is 19.8. The minimum absolute atomic E-state index is 0.433. The van der Waals surface area contributed by atoms with Crippen molar-refractivity contribution in [3.63, 3.8) is 0 Å². The molecule has 1 aliphatic rings. The second-order valence-corrected chi connectivity index (χ2v) is 3.84. The summed E-state index contributed by atoms with van der Waals surface area (Å²) in [7, 11) is 0. The molecule has 0 aromatic carbocycles. The fraction of sp³-hybridized carbons (Fsp3) is 0.600. The Kier molecular flexibility index (Phi) is 2.76. The minimum atomic E-state index is -0.940. The van der Waals surface area contributed by atoms with Crippen LogP contribution in [0.3, 0.4) is 0 Å². The number of carbonyl (C=O) groups is 2. The number of nitriles is 2. The summed E-state index contributed by atoms with van der Waals surface area (Å²) in [6.07, 6.45) is 0.433. The maximum absolute atomic E-state index is 11.4. The SMILES string of the molecule is CCC1(C)[C@@H](C#N)C(=O)NC(=O)[C@@H]1C#N. The zero-order valence-electron chi connectivity index (χ0n) is 8.57. The number of nitrogens with zero attached hydrogens (tertiary/aromatic N) is 2. The molecule has 5 nitrogen and oxygen atoms in total. The van der Waals surface area contributed by atoms with Crippen molar-refractivity contribution in [2.45, 2.75) is 20.3 Å². The van der Waals surface area contributed by atoms with Crippen molar-refractivity contribution in [3.05, 3.63) is 0 Å². The molecule has 2 atom stereocenters. The zero-order valence-corrected chi connectivity index (χ0v) is 8.57. The van der Waals surface area contributed by atoms with Crippen LogP contribution in [0.2, 0.25) is 0 Å². The van der Waals surface area contributed by atoms with Gasteiger partial charge in [-0.15, -0.1) is 0 Å². The third kappa shape index (κ3) is 1.46. The van der Waals surface area contributed by atoms with Crippen LogP contribution in [-0.4, -0.2) is 11.8 Å². The van der Waals surface area contributed by atoms with Crippen LogP contribution in [-0.2, 0) is 9.59 Å². The minimum Gasteiger partial charge on any atom is -0.294 e. The van der Waals surface area contributed by atoms with Crippen molar-refractivity contribution in [1.82, 2.24) is 5.32 Å². The molecule has 1 N–H and O–H groups in total. The first-order valence-corrected chi connectivity index (χ1v) is 4.65. The number of nitrogens with one attached hydrogen (secondary N) is 1. The van der Waals surface area contributed by atoms with Gasteiger partial charge in [-0.1, -0.05) is 13.8 Å². The van der Waals surface area contributed by atoms with Crippen LogP contribution in [0.15, 0.2) is 0 Å². The lowest BCUT2D eigenvalue weighted by atomic mass is 9.64. The van der Waals surface area contributed by atoms with Gasteiger partial charge in [-0.2, -0.15) is 10.5 Å². The molecule has 0 aromatic heterocycles. The Labute approximate surface area is 87.7 Å². The van der Waals surface area contributed by atoms with Gasteiger partial charge in [-0.05, 0) is 6.42 Å². The fourth-order valence-corrected chi connectivity index (χ4v) is 1.85. The van der Waals surface area contributed by atoms with E-state index in [0.717, 1.165) is 0 Å². The van der Waals surface area contributed by atoms with E-state index in [1.165, 1.54) is 0 Å². The summed E-state index contributed by atoms with van der Waals surface area (Å²) in [4.78, 5) is 22.8. The molecule has 0 spiro atoms. The van der Waals surface area contributed by atoms with Crippen LogP contribution in [0.5, 0.6) is 0 Å². The second-order valence-electron chi connectivity index (χ2n) is 3.84. The topological polar surface area (TPSA) is 93.8 Å². The Hall–Kier alpha value is -1.88. The van der Waals surface area contributed by atoms with Crippen molar-refractivity contribution >= 4 is 11.8 Å². The standard InChI is InChI=1S/C10H11N3O2/c1-3-10(2)6(4-11)8(14)13-9(15)7(10)5-12/h6-7H,3H2,1-2H3,(H,13,14,15)/t6-,7-/m0/s1. The smallest absolute Gasteiger partial charge is 0.244 e. The number of hydrogen-bond donors (Lipinski definition) is 1. The van der Waals surface area contributed by atoms with E-state index in [-0.39, 0.29) is 0 Å². The fourth-order valence-electron chi connectivity index (χ4n) is 1.85. The molecule has 2 amide bonds. The molecule has 1 heterocycles. The lowest BCUT2D eigenvalue weighted by molar-refractivity contribution is -0.144. The Bertz CT molecular complexity index is 356. The van der Waals surface area contributed by atoms with Crippen molar-refractivity contribution in [3.8, 4) is 12.1 Å². The highest BCUT2D eigenvalue weighted by molar-refractivity contribution is 6.03. The Balaban J connectivity index is 3.23. The predicted molar refractivity (Wildman–Crippen MR) is 49.8 cm³/mol. The molecule has 5 heteroatoms. The molecule has 1 rings (SSSR count). The molecule has 0 aromatic rings. The summed E-state index contributed by atoms with van der Waals surface area (Å²) >= 11 is 0. The van der Waals surface area contributed by atoms with E-state index in [9.17, 15) is 9.59 Å². The lowest BCUT2D eigenvalue weighted by Gasteiger charge is -2.38. The number of piperidine rings is 1. The molecular weight excluding hydrogens is 194 g/mol. The first kappa shape index (κ1) is 11.2. The van der Waals surface area contributed by atoms with Crippen LogP contribution < -0.4 is 5.32 Å². The van der Waals surface area contributed by atoms with Gasteiger partial charge in [-0.3, -0.25) is 14.9 Å². The highest BCUT2D eigenvalue weighted by Crippen LogP contribution is 2.41. The van der Waals surface area contributed by atoms with Gasteiger partial charge in [0, 0.05) is 5.41 Å². The van der Waals surface area contributed by atoms with Gasteiger partial charge in [0.1, 0.15) is 11.8 Å². The van der Waals surface area contributed by atoms with E-state index < -0.39 is 29.1 Å². The second kappa shape index (κ2) is 3.70. The Morgan fingerprint density at radius 2 is 1.67 bits per heavy atom. The molecule has 0 aliphatic carbocycles. The van der Waals surface area contributed by atoms with Gasteiger partial charge >= 0.3 is 0 Å². The monoisotopic (exact) mass is 205 g/mol. The lowest BCUT2D eigenvalue weighted by Crippen LogP contribution is -2.56. The molecule has 15 heavy (non-hydrogen) atoms. The first-order valence-electron chi connectivity index (χ1n) is 4.65. The quantitative estimate of drug-likeness (QED) is 0.624. The van der Waals surface area contributed by atoms with Crippen LogP contribution in [0.4, 0.5) is 0 Å². The van der Waals surface area contributed by atoms with Crippen LogP contribution >= 0.6 is 0 Å². The van der Waals surface area contributed by atoms with Crippen LogP contribution in [0.1, 0.15) is 20.3 Å². The predicted octanol–water partition coefficient (Wildman–Crippen LogP) is 0.339. The molecule has 0 saturated carbocycles. The van der Waals surface area contributed by atoms with Crippen LogP contribution in [0, 0.1) is 39.9 Å². The Morgan fingerprint density at radius 3 is 1.93 bits per heavy atom. The average molecular weight is 205 g/mol. The number of carbonyl (C=O) groups excluding carboxylic acids is 2. The third-order valence-corrected chi connectivity index (χ3v) is 3.11. The number of amides is 2. The summed E-state index contributed by atoms with van der Waals surface area (Å²) in [5.74, 6) is -3.08. The molecule has 78 valence electrons. The number of imide groups is 1. The van der Waals surface area contributed by atoms with Gasteiger partial charge in [0.2, 0.25) is 11.8 Å². The van der Waals surface area contributed by atoms with Crippen LogP contribution in [0.25, 0.3) is 0 Å². The van der Waals surface area contributed by atoms with Gasteiger partial charge in [0.15, 0.2) is 0 Å². The normalized spacial score (nSPS) is 28.8. The molecule has 1 fully saturated rings. The maximum atomic E-state index is 11.4. The summed E-state index contributed by atoms with van der Waals surface area (Å²) < 4.78 is 0. The van der Waals surface area contributed by atoms with Gasteiger partial charge in [0.05, 0.1) is 12.1 Å². The van der Waals surface area contributed by atoms with Crippen molar-refractivity contribution in [1.29, 1.82) is 10.5 Å². The largest absolute Gasteiger partial charge is 0.294 e. The molecular formula is C10H11N3O2. The Morgan fingerprint density at radius 1 is 1.27 bits per heavy atom. The molecule has 1 saturated heterocycles. The number of hydrogen-bond acceptors (Lipinski definition) is 4. The van der Waals surface area contributed by atoms with Gasteiger partial charge < -0.3 is 0 Å². The van der Waals surface area contributed by atoms with E-state index in [2.05, 4.69) is 0 Å². The third-order valence-electron chi connectivity index (χ3n) is 3.11. The van der Waals surface area contributed by atoms with E-state index >= 15 is 0 Å². The summed E-state index contributed by atoms with van der Waals surface area (Å²) in [5.41, 5.74) is -0.886. The molecule has 0 unspecified atom stereocenters. The summed E-state index contributed by atoms with van der Waals surface area (Å²) in [6.45, 7) is 3.39. The van der Waals surface area contributed by atoms with Crippen molar-refractivity contribution < 1.29 is 9.59 Å². The maximum Gasteiger partial charge on any atom is 0.244 e. The van der Waals surface area contributed by atoms with E-state index in [0.29, 0.717) is 6.42 Å². The van der Waals surface area contributed by atoms with Crippen molar-refractivity contribution in [2.24, 2.45) is 17.3 Å². The number of rotatable bonds is 1. The van der Waals surface area contributed by atoms with Gasteiger partial charge in [-0.25, -0.2) is 0 Å². The highest BCUT2D eigenvalue weighted by atomic mass is 16.2. The molecule has 0 bridgehead atoms. The zero-order chi connectivity index (χ0) is 11.6.